The SMILES string of the molecule is C.CCNCC1CCN(C(C)(C)Cc2cccc(OC)c2)CC1.COc1cccc(CC(C)(C)N2CCC(CN(CC(F)(F)F)C(=O)c3cc4ccccc4[nH]3)CC2)c1.O=C(Cl)c1cc2ccccc2[nH]1. The van der Waals surface area contributed by atoms with E-state index >= 15 is 0 Å². The number of piperidine rings is 2. The predicted molar refractivity (Wildman–Crippen MR) is 284 cm³/mol. The van der Waals surface area contributed by atoms with Crippen molar-refractivity contribution in [3.8, 4) is 11.5 Å². The largest absolute Gasteiger partial charge is 0.497 e. The van der Waals surface area contributed by atoms with Crippen molar-refractivity contribution in [3.05, 3.63) is 132 Å². The Labute approximate surface area is 424 Å². The zero-order chi connectivity index (χ0) is 50.5. The molecule has 0 spiro atoms. The van der Waals surface area contributed by atoms with Gasteiger partial charge in [-0.15, -0.1) is 0 Å². The molecule has 14 heteroatoms. The number of hydrogen-bond acceptors (Lipinski definition) is 7. The first-order valence-electron chi connectivity index (χ1n) is 24.5. The van der Waals surface area contributed by atoms with Crippen LogP contribution in [-0.4, -0.2) is 120 Å². The van der Waals surface area contributed by atoms with Crippen LogP contribution in [0.2, 0.25) is 0 Å². The summed E-state index contributed by atoms with van der Waals surface area (Å²) in [4.78, 5) is 35.8. The molecule has 0 radical (unpaired) electrons. The van der Waals surface area contributed by atoms with E-state index in [9.17, 15) is 22.8 Å². The fraction of sp³-hybridized carbons (Fsp3) is 0.474. The average molecular weight is 1000 g/mol. The van der Waals surface area contributed by atoms with Crippen LogP contribution in [0.5, 0.6) is 11.5 Å². The number of carbonyl (C=O) groups excluding carboxylic acids is 2. The first kappa shape index (κ1) is 56.6. The van der Waals surface area contributed by atoms with E-state index in [0.29, 0.717) is 5.69 Å². The number of para-hydroxylation sites is 2. The molecule has 2 aliphatic rings. The summed E-state index contributed by atoms with van der Waals surface area (Å²) in [6.45, 7) is 16.4. The first-order valence-corrected chi connectivity index (χ1v) is 24.9. The number of fused-ring (bicyclic) bond motifs is 2. The zero-order valence-corrected chi connectivity index (χ0v) is 42.7. The number of nitrogens with zero attached hydrogens (tertiary/aromatic N) is 3. The van der Waals surface area contributed by atoms with Gasteiger partial charge in [0.15, 0.2) is 0 Å². The summed E-state index contributed by atoms with van der Waals surface area (Å²) < 4.78 is 50.9. The molecular formula is C57H76ClF3N6O4. The maximum atomic E-state index is 13.4. The molecule has 4 aromatic carbocycles. The number of aromatic nitrogens is 2. The van der Waals surface area contributed by atoms with E-state index in [4.69, 9.17) is 21.1 Å². The lowest BCUT2D eigenvalue weighted by Crippen LogP contribution is -2.51. The van der Waals surface area contributed by atoms with Crippen molar-refractivity contribution in [3.63, 3.8) is 0 Å². The third kappa shape index (κ3) is 16.6. The topological polar surface area (TPSA) is 106 Å². The highest BCUT2D eigenvalue weighted by Gasteiger charge is 2.37. The van der Waals surface area contributed by atoms with Gasteiger partial charge in [0.1, 0.15) is 23.7 Å². The Bertz CT molecular complexity index is 2530. The average Bonchev–Trinajstić information content (AvgIpc) is 3.99. The smallest absolute Gasteiger partial charge is 0.406 e. The number of nitrogens with one attached hydrogen (secondary N) is 3. The van der Waals surface area contributed by atoms with Gasteiger partial charge in [-0.25, -0.2) is 0 Å². The molecule has 4 heterocycles. The minimum absolute atomic E-state index is 0. The summed E-state index contributed by atoms with van der Waals surface area (Å²) in [7, 11) is 3.39. The number of rotatable bonds is 16. The summed E-state index contributed by atoms with van der Waals surface area (Å²) in [5, 5.41) is 4.85. The lowest BCUT2D eigenvalue weighted by Gasteiger charge is -2.44. The van der Waals surface area contributed by atoms with Crippen molar-refractivity contribution in [1.82, 2.24) is 30.0 Å². The summed E-state index contributed by atoms with van der Waals surface area (Å²) in [6.07, 6.45) is 1.58. The molecule has 386 valence electrons. The number of amides is 1. The number of methoxy groups -OCH3 is 2. The van der Waals surface area contributed by atoms with Crippen molar-refractivity contribution in [2.75, 3.05) is 66.6 Å². The summed E-state index contributed by atoms with van der Waals surface area (Å²) in [6, 6.07) is 34.8. The second-order valence-electron chi connectivity index (χ2n) is 20.0. The van der Waals surface area contributed by atoms with Crippen LogP contribution >= 0.6 is 11.6 Å². The van der Waals surface area contributed by atoms with Crippen molar-refractivity contribution < 1.29 is 32.2 Å². The van der Waals surface area contributed by atoms with Gasteiger partial charge in [0, 0.05) is 39.4 Å². The van der Waals surface area contributed by atoms with Crippen LogP contribution in [0.15, 0.2) is 109 Å². The number of carbonyl (C=O) groups is 2. The minimum atomic E-state index is -4.46. The second kappa shape index (κ2) is 25.9. The Balaban J connectivity index is 0.000000226. The van der Waals surface area contributed by atoms with E-state index in [1.54, 1.807) is 26.4 Å². The molecule has 0 bridgehead atoms. The molecule has 71 heavy (non-hydrogen) atoms. The van der Waals surface area contributed by atoms with Crippen LogP contribution < -0.4 is 14.8 Å². The van der Waals surface area contributed by atoms with Gasteiger partial charge in [0.2, 0.25) is 0 Å². The highest BCUT2D eigenvalue weighted by molar-refractivity contribution is 6.67. The van der Waals surface area contributed by atoms with Crippen molar-refractivity contribution >= 4 is 44.6 Å². The van der Waals surface area contributed by atoms with Crippen LogP contribution in [0, 0.1) is 11.8 Å². The third-order valence-corrected chi connectivity index (χ3v) is 14.0. The van der Waals surface area contributed by atoms with E-state index in [0.717, 1.165) is 89.4 Å². The molecule has 2 fully saturated rings. The molecule has 3 N–H and O–H groups in total. The van der Waals surface area contributed by atoms with Crippen LogP contribution in [0.1, 0.15) is 99.8 Å². The van der Waals surface area contributed by atoms with Crippen molar-refractivity contribution in [2.24, 2.45) is 11.8 Å². The van der Waals surface area contributed by atoms with Gasteiger partial charge in [0.25, 0.3) is 11.1 Å². The van der Waals surface area contributed by atoms with E-state index in [-0.39, 0.29) is 36.7 Å². The Morgan fingerprint density at radius 1 is 0.676 bits per heavy atom. The van der Waals surface area contributed by atoms with E-state index in [1.165, 1.54) is 43.6 Å². The lowest BCUT2D eigenvalue weighted by atomic mass is 9.88. The summed E-state index contributed by atoms with van der Waals surface area (Å²) in [5.74, 6) is 2.04. The summed E-state index contributed by atoms with van der Waals surface area (Å²) in [5.41, 5.74) is 4.94. The molecule has 0 atom stereocenters. The van der Waals surface area contributed by atoms with E-state index < -0.39 is 23.9 Å². The molecule has 0 saturated carbocycles. The van der Waals surface area contributed by atoms with Gasteiger partial charge in [-0.2, -0.15) is 13.2 Å². The number of benzene rings is 4. The van der Waals surface area contributed by atoms with Gasteiger partial charge in [-0.3, -0.25) is 19.4 Å². The van der Waals surface area contributed by atoms with Crippen LogP contribution in [0.25, 0.3) is 21.8 Å². The monoisotopic (exact) mass is 1000 g/mol. The van der Waals surface area contributed by atoms with E-state index in [2.05, 4.69) is 84.0 Å². The Hall–Kier alpha value is -5.34. The molecule has 0 aliphatic carbocycles. The molecule has 8 rings (SSSR count). The van der Waals surface area contributed by atoms with Gasteiger partial charge >= 0.3 is 6.18 Å². The van der Waals surface area contributed by atoms with Crippen molar-refractivity contribution in [2.45, 2.75) is 97.8 Å². The minimum Gasteiger partial charge on any atom is -0.497 e. The highest BCUT2D eigenvalue weighted by atomic mass is 35.5. The fourth-order valence-electron chi connectivity index (χ4n) is 9.88. The number of aromatic amines is 2. The molecule has 6 aromatic rings. The van der Waals surface area contributed by atoms with Gasteiger partial charge in [-0.05, 0) is 189 Å². The normalized spacial score (nSPS) is 15.3. The van der Waals surface area contributed by atoms with E-state index in [1.807, 2.05) is 72.8 Å². The maximum Gasteiger partial charge on any atom is 0.406 e. The molecule has 2 aromatic heterocycles. The Kier molecular flexibility index (Phi) is 20.6. The molecule has 10 nitrogen and oxygen atoms in total. The number of alkyl halides is 3. The quantitative estimate of drug-likeness (QED) is 0.0830. The molecule has 2 aliphatic heterocycles. The number of H-pyrrole nitrogens is 2. The molecule has 2 saturated heterocycles. The second-order valence-corrected chi connectivity index (χ2v) is 20.3. The summed E-state index contributed by atoms with van der Waals surface area (Å²) >= 11 is 5.30. The Morgan fingerprint density at radius 3 is 1.56 bits per heavy atom. The van der Waals surface area contributed by atoms with Gasteiger partial charge < -0.3 is 29.7 Å². The van der Waals surface area contributed by atoms with Gasteiger partial charge in [0.05, 0.1) is 19.9 Å². The number of ether oxygens (including phenoxy) is 2. The standard InChI is InChI=1S/C28H34F3N3O2.C19H32N2O.C9H6ClNO.CH4/c1-27(2,17-21-7-6-9-23(15-21)36-3)34-13-11-20(12-14-34)18-33(19-28(29,30)31)26(35)25-16-22-8-4-5-10-24(22)32-25;1-5-20-15-16-9-11-21(12-10-16)19(2,3)14-17-7-6-8-18(13-17)22-4;10-9(12)8-5-6-3-1-2-4-7(6)11-8;/h4-10,15-16,20,32H,11-14,17-19H2,1-3H3;6-8,13,16,20H,5,9-12,14-15H2,1-4H3;1-5,11H;1H4. The number of hydrogen-bond donors (Lipinski definition) is 3. The fourth-order valence-corrected chi connectivity index (χ4v) is 9.99. The van der Waals surface area contributed by atoms with Crippen LogP contribution in [0.3, 0.4) is 0 Å². The number of likely N-dealkylation sites (tertiary alicyclic amines) is 2. The maximum absolute atomic E-state index is 13.4. The number of halogens is 4. The molecule has 0 unspecified atom stereocenters. The molecular weight excluding hydrogens is 925 g/mol. The van der Waals surface area contributed by atoms with Crippen LogP contribution in [0.4, 0.5) is 13.2 Å². The zero-order valence-electron chi connectivity index (χ0n) is 41.9. The third-order valence-electron chi connectivity index (χ3n) is 13.8. The van der Waals surface area contributed by atoms with Gasteiger partial charge in [-0.1, -0.05) is 75.0 Å². The van der Waals surface area contributed by atoms with Crippen molar-refractivity contribution in [1.29, 1.82) is 0 Å². The van der Waals surface area contributed by atoms with Crippen LogP contribution in [-0.2, 0) is 12.8 Å². The lowest BCUT2D eigenvalue weighted by molar-refractivity contribution is -0.142. The highest BCUT2D eigenvalue weighted by Crippen LogP contribution is 2.31. The molecule has 1 amide bonds. The predicted octanol–water partition coefficient (Wildman–Crippen LogP) is 12.4. The first-order chi connectivity index (χ1) is 33.4. The Morgan fingerprint density at radius 2 is 1.13 bits per heavy atom.